The average Bonchev–Trinajstić information content (AvgIpc) is 2.20. The van der Waals surface area contributed by atoms with Crippen LogP contribution in [0.2, 0.25) is 0 Å². The van der Waals surface area contributed by atoms with Crippen LogP contribution >= 0.6 is 0 Å². The summed E-state index contributed by atoms with van der Waals surface area (Å²) in [5, 5.41) is 18.9. The summed E-state index contributed by atoms with van der Waals surface area (Å²) in [6.45, 7) is 9.25. The van der Waals surface area contributed by atoms with E-state index in [2.05, 4.69) is 6.58 Å². The number of aromatic hydroxyl groups is 1. The molecule has 1 aromatic carbocycles. The van der Waals surface area contributed by atoms with Gasteiger partial charge in [-0.1, -0.05) is 26.0 Å². The fourth-order valence-corrected chi connectivity index (χ4v) is 1.54. The molecule has 3 heteroatoms. The summed E-state index contributed by atoms with van der Waals surface area (Å²) in [5.41, 5.74) is 0.866. The zero-order valence-corrected chi connectivity index (χ0v) is 9.74. The van der Waals surface area contributed by atoms with Gasteiger partial charge in [-0.3, -0.25) is 0 Å². The lowest BCUT2D eigenvalue weighted by molar-refractivity contribution is 0.0693. The Hall–Kier alpha value is -1.77. The number of phenols is 1. The molecular formula is C13H16O3. The van der Waals surface area contributed by atoms with E-state index in [-0.39, 0.29) is 11.3 Å². The molecular weight excluding hydrogens is 204 g/mol. The summed E-state index contributed by atoms with van der Waals surface area (Å²) in [7, 11) is 0. The summed E-state index contributed by atoms with van der Waals surface area (Å²) < 4.78 is 0. The molecule has 0 bridgehead atoms. The van der Waals surface area contributed by atoms with Crippen molar-refractivity contribution in [2.75, 3.05) is 0 Å². The molecule has 0 aromatic heterocycles. The van der Waals surface area contributed by atoms with Gasteiger partial charge < -0.3 is 10.2 Å². The van der Waals surface area contributed by atoms with Gasteiger partial charge in [0.15, 0.2) is 0 Å². The Morgan fingerprint density at radius 3 is 2.44 bits per heavy atom. The van der Waals surface area contributed by atoms with Crippen molar-refractivity contribution in [2.24, 2.45) is 0 Å². The molecule has 3 nitrogen and oxygen atoms in total. The van der Waals surface area contributed by atoms with Crippen LogP contribution in [0.15, 0.2) is 24.8 Å². The van der Waals surface area contributed by atoms with Crippen molar-refractivity contribution in [3.63, 3.8) is 0 Å². The third-order valence-corrected chi connectivity index (χ3v) is 2.69. The predicted molar refractivity (Wildman–Crippen MR) is 63.0 cm³/mol. The normalized spacial score (nSPS) is 11.2. The number of aromatic carboxylic acids is 1. The molecule has 0 atom stereocenters. The molecule has 0 aliphatic carbocycles. The van der Waals surface area contributed by atoms with Gasteiger partial charge in [-0.2, -0.15) is 0 Å². The molecule has 86 valence electrons. The lowest BCUT2D eigenvalue weighted by atomic mass is 9.82. The van der Waals surface area contributed by atoms with Crippen LogP contribution in [0.4, 0.5) is 0 Å². The van der Waals surface area contributed by atoms with Crippen LogP contribution in [0, 0.1) is 6.92 Å². The second-order valence-electron chi connectivity index (χ2n) is 4.44. The van der Waals surface area contributed by atoms with E-state index in [0.29, 0.717) is 5.56 Å². The zero-order valence-electron chi connectivity index (χ0n) is 9.74. The highest BCUT2D eigenvalue weighted by atomic mass is 16.4. The molecule has 0 heterocycles. The van der Waals surface area contributed by atoms with Crippen LogP contribution in [0.25, 0.3) is 0 Å². The molecule has 1 rings (SSSR count). The van der Waals surface area contributed by atoms with Gasteiger partial charge in [-0.15, -0.1) is 6.58 Å². The van der Waals surface area contributed by atoms with Gasteiger partial charge in [0.2, 0.25) is 0 Å². The minimum absolute atomic E-state index is 0.0649. The van der Waals surface area contributed by atoms with Crippen LogP contribution in [0.3, 0.4) is 0 Å². The Balaban J connectivity index is 3.53. The summed E-state index contributed by atoms with van der Waals surface area (Å²) in [6.07, 6.45) is 1.69. The monoisotopic (exact) mass is 220 g/mol. The van der Waals surface area contributed by atoms with E-state index in [1.165, 1.54) is 6.07 Å². The first-order valence-corrected chi connectivity index (χ1v) is 5.00. The van der Waals surface area contributed by atoms with Gasteiger partial charge in [0.25, 0.3) is 0 Å². The lowest BCUT2D eigenvalue weighted by Crippen LogP contribution is -2.15. The Labute approximate surface area is 95.0 Å². The van der Waals surface area contributed by atoms with Crippen molar-refractivity contribution in [1.82, 2.24) is 0 Å². The van der Waals surface area contributed by atoms with Crippen molar-refractivity contribution >= 4 is 5.97 Å². The minimum Gasteiger partial charge on any atom is -0.507 e. The minimum atomic E-state index is -1.12. The van der Waals surface area contributed by atoms with Crippen molar-refractivity contribution in [3.8, 4) is 5.75 Å². The first kappa shape index (κ1) is 12.3. The molecule has 0 saturated heterocycles. The maximum absolute atomic E-state index is 11.0. The third-order valence-electron chi connectivity index (χ3n) is 2.69. The molecule has 0 radical (unpaired) electrons. The molecule has 0 fully saturated rings. The average molecular weight is 220 g/mol. The van der Waals surface area contributed by atoms with Crippen molar-refractivity contribution in [3.05, 3.63) is 41.5 Å². The second-order valence-corrected chi connectivity index (χ2v) is 4.44. The van der Waals surface area contributed by atoms with E-state index >= 15 is 0 Å². The Kier molecular flexibility index (Phi) is 3.08. The number of carbonyl (C=O) groups is 1. The predicted octanol–water partition coefficient (Wildman–Crippen LogP) is 2.86. The summed E-state index contributed by atoms with van der Waals surface area (Å²) in [4.78, 5) is 11.0. The SMILES string of the molecule is C=CC(C)(C)c1cc(C)cc(C(=O)O)c1O. The summed E-state index contributed by atoms with van der Waals surface area (Å²) in [6, 6.07) is 3.24. The van der Waals surface area contributed by atoms with Crippen LogP contribution in [-0.4, -0.2) is 16.2 Å². The van der Waals surface area contributed by atoms with Gasteiger partial charge in [0, 0.05) is 11.0 Å². The number of carboxylic acid groups (broad SMARTS) is 1. The smallest absolute Gasteiger partial charge is 0.339 e. The largest absolute Gasteiger partial charge is 0.507 e. The van der Waals surface area contributed by atoms with E-state index in [0.717, 1.165) is 5.56 Å². The molecule has 16 heavy (non-hydrogen) atoms. The molecule has 0 unspecified atom stereocenters. The lowest BCUT2D eigenvalue weighted by Gasteiger charge is -2.23. The molecule has 2 N–H and O–H groups in total. The number of carboxylic acids is 1. The quantitative estimate of drug-likeness (QED) is 0.770. The maximum Gasteiger partial charge on any atom is 0.339 e. The van der Waals surface area contributed by atoms with Gasteiger partial charge in [-0.25, -0.2) is 4.79 Å². The van der Waals surface area contributed by atoms with E-state index < -0.39 is 11.4 Å². The topological polar surface area (TPSA) is 57.5 Å². The number of hydrogen-bond donors (Lipinski definition) is 2. The standard InChI is InChI=1S/C13H16O3/c1-5-13(3,4)10-7-8(2)6-9(11(10)14)12(15)16/h5-7,14H,1H2,2-4H3,(H,15,16). The van der Waals surface area contributed by atoms with E-state index in [1.807, 2.05) is 13.8 Å². The number of hydrogen-bond acceptors (Lipinski definition) is 2. The zero-order chi connectivity index (χ0) is 12.5. The van der Waals surface area contributed by atoms with Crippen LogP contribution in [0.5, 0.6) is 5.75 Å². The number of rotatable bonds is 3. The molecule has 0 saturated carbocycles. The van der Waals surface area contributed by atoms with E-state index in [9.17, 15) is 9.90 Å². The second kappa shape index (κ2) is 4.00. The third kappa shape index (κ3) is 2.08. The molecule has 0 aliphatic rings. The van der Waals surface area contributed by atoms with Gasteiger partial charge in [0.05, 0.1) is 0 Å². The van der Waals surface area contributed by atoms with Gasteiger partial charge in [0.1, 0.15) is 11.3 Å². The van der Waals surface area contributed by atoms with Crippen molar-refractivity contribution < 1.29 is 15.0 Å². The van der Waals surface area contributed by atoms with Gasteiger partial charge >= 0.3 is 5.97 Å². The fourth-order valence-electron chi connectivity index (χ4n) is 1.54. The fraction of sp³-hybridized carbons (Fsp3) is 0.308. The first-order valence-electron chi connectivity index (χ1n) is 5.00. The van der Waals surface area contributed by atoms with Crippen LogP contribution in [0.1, 0.15) is 35.3 Å². The van der Waals surface area contributed by atoms with E-state index in [4.69, 9.17) is 5.11 Å². The Morgan fingerprint density at radius 2 is 2.00 bits per heavy atom. The van der Waals surface area contributed by atoms with E-state index in [1.54, 1.807) is 19.1 Å². The first-order chi connectivity index (χ1) is 7.29. The number of benzene rings is 1. The molecule has 0 spiro atoms. The maximum atomic E-state index is 11.0. The number of aryl methyl sites for hydroxylation is 1. The molecule has 1 aromatic rings. The van der Waals surface area contributed by atoms with Gasteiger partial charge in [-0.05, 0) is 18.6 Å². The van der Waals surface area contributed by atoms with Crippen molar-refractivity contribution in [2.45, 2.75) is 26.2 Å². The summed E-state index contributed by atoms with van der Waals surface area (Å²) >= 11 is 0. The highest BCUT2D eigenvalue weighted by molar-refractivity contribution is 5.91. The summed E-state index contributed by atoms with van der Waals surface area (Å²) in [5.74, 6) is -1.30. The van der Waals surface area contributed by atoms with Crippen LogP contribution in [-0.2, 0) is 5.41 Å². The Morgan fingerprint density at radius 1 is 1.44 bits per heavy atom. The number of allylic oxidation sites excluding steroid dienone is 1. The Bertz CT molecular complexity index is 445. The van der Waals surface area contributed by atoms with Crippen molar-refractivity contribution in [1.29, 1.82) is 0 Å². The highest BCUT2D eigenvalue weighted by Gasteiger charge is 2.24. The molecule has 0 amide bonds. The van der Waals surface area contributed by atoms with Crippen LogP contribution < -0.4 is 0 Å². The highest BCUT2D eigenvalue weighted by Crippen LogP contribution is 2.35. The molecule has 0 aliphatic heterocycles.